The molecule has 1 heterocycles. The standard InChI is InChI=1S/C7H13N.C2HF3O2/c1-8-5-6-2-3-7(8)4-6;3-2(4,5)1(6)7/h6-7H,2-5H2,1H3;(H,6,7). The summed E-state index contributed by atoms with van der Waals surface area (Å²) in [5.41, 5.74) is 0. The van der Waals surface area contributed by atoms with Gasteiger partial charge in [0, 0.05) is 12.3 Å². The van der Waals surface area contributed by atoms with Gasteiger partial charge in [-0.3, -0.25) is 0 Å². The predicted octanol–water partition coefficient (Wildman–Crippen LogP) is -1.02. The van der Waals surface area contributed by atoms with Crippen molar-refractivity contribution in [1.82, 2.24) is 0 Å². The van der Waals surface area contributed by atoms with Gasteiger partial charge in [-0.25, -0.2) is 0 Å². The van der Waals surface area contributed by atoms with E-state index in [2.05, 4.69) is 7.05 Å². The van der Waals surface area contributed by atoms with Gasteiger partial charge in [0.25, 0.3) is 0 Å². The lowest BCUT2D eigenvalue weighted by Crippen LogP contribution is -3.11. The Bertz CT molecular complexity index is 240. The van der Waals surface area contributed by atoms with E-state index in [0.29, 0.717) is 0 Å². The smallest absolute Gasteiger partial charge is 0.430 e. The number of carboxylic acid groups (broad SMARTS) is 1. The third-order valence-corrected chi connectivity index (χ3v) is 3.08. The summed E-state index contributed by atoms with van der Waals surface area (Å²) < 4.78 is 31.5. The number of hydrogen-bond donors (Lipinski definition) is 1. The average molecular weight is 225 g/mol. The summed E-state index contributed by atoms with van der Waals surface area (Å²) in [4.78, 5) is 10.6. The third-order valence-electron chi connectivity index (χ3n) is 3.08. The SMILES string of the molecule is C[NH+]1CC2CCC1C2.O=C([O-])C(F)(F)F. The van der Waals surface area contributed by atoms with Crippen LogP contribution in [0.15, 0.2) is 0 Å². The Morgan fingerprint density at radius 2 is 1.93 bits per heavy atom. The zero-order valence-corrected chi connectivity index (χ0v) is 8.43. The van der Waals surface area contributed by atoms with E-state index in [1.807, 2.05) is 0 Å². The average Bonchev–Trinajstić information content (AvgIpc) is 2.63. The summed E-state index contributed by atoms with van der Waals surface area (Å²) in [7, 11) is 2.34. The molecule has 1 aliphatic carbocycles. The number of nitrogens with one attached hydrogen (secondary N) is 1. The third kappa shape index (κ3) is 3.37. The fraction of sp³-hybridized carbons (Fsp3) is 0.889. The molecule has 1 aliphatic heterocycles. The number of hydrogen-bond acceptors (Lipinski definition) is 2. The van der Waals surface area contributed by atoms with Crippen molar-refractivity contribution in [3.05, 3.63) is 0 Å². The molecule has 3 unspecified atom stereocenters. The van der Waals surface area contributed by atoms with Crippen LogP contribution in [0.4, 0.5) is 13.2 Å². The van der Waals surface area contributed by atoms with Crippen LogP contribution >= 0.6 is 0 Å². The van der Waals surface area contributed by atoms with E-state index in [9.17, 15) is 13.2 Å². The second kappa shape index (κ2) is 4.38. The first-order chi connectivity index (χ1) is 6.80. The normalized spacial score (nSPS) is 33.5. The summed E-state index contributed by atoms with van der Waals surface area (Å²) in [6, 6.07) is 1.06. The van der Waals surface area contributed by atoms with E-state index in [4.69, 9.17) is 9.90 Å². The van der Waals surface area contributed by atoms with Gasteiger partial charge in [-0.2, -0.15) is 13.2 Å². The van der Waals surface area contributed by atoms with Gasteiger partial charge in [0.05, 0.1) is 19.6 Å². The minimum absolute atomic E-state index is 1.06. The van der Waals surface area contributed by atoms with Crippen molar-refractivity contribution in [2.45, 2.75) is 31.5 Å². The maximum atomic E-state index is 10.5. The van der Waals surface area contributed by atoms with Crippen molar-refractivity contribution < 1.29 is 28.0 Å². The molecule has 1 saturated heterocycles. The van der Waals surface area contributed by atoms with Gasteiger partial charge in [-0.1, -0.05) is 0 Å². The molecule has 0 aromatic rings. The number of carbonyl (C=O) groups excluding carboxylic acids is 1. The highest BCUT2D eigenvalue weighted by Gasteiger charge is 2.39. The Balaban J connectivity index is 0.000000153. The lowest BCUT2D eigenvalue weighted by atomic mass is 10.1. The molecular formula is C9H14F3NO2. The quantitative estimate of drug-likeness (QED) is 0.573. The Morgan fingerprint density at radius 1 is 1.40 bits per heavy atom. The first kappa shape index (κ1) is 12.3. The van der Waals surface area contributed by atoms with Gasteiger partial charge in [-0.15, -0.1) is 0 Å². The molecule has 88 valence electrons. The molecule has 6 heteroatoms. The fourth-order valence-corrected chi connectivity index (χ4v) is 2.33. The Labute approximate surface area is 85.9 Å². The van der Waals surface area contributed by atoms with E-state index in [1.54, 1.807) is 4.90 Å². The number of piperidine rings is 1. The number of alkyl halides is 3. The number of fused-ring (bicyclic) bond motifs is 2. The number of likely N-dealkylation sites (tertiary alicyclic amines) is 1. The molecule has 2 rings (SSSR count). The Kier molecular flexibility index (Phi) is 3.59. The number of quaternary nitrogens is 1. The van der Waals surface area contributed by atoms with Crippen molar-refractivity contribution in [2.24, 2.45) is 5.92 Å². The monoisotopic (exact) mass is 225 g/mol. The molecule has 0 radical (unpaired) electrons. The molecule has 1 saturated carbocycles. The zero-order chi connectivity index (χ0) is 11.6. The van der Waals surface area contributed by atoms with E-state index in [0.717, 1.165) is 12.0 Å². The van der Waals surface area contributed by atoms with Crippen LogP contribution in [0, 0.1) is 5.92 Å². The highest BCUT2D eigenvalue weighted by Crippen LogP contribution is 2.26. The van der Waals surface area contributed by atoms with Crippen molar-refractivity contribution in [3.63, 3.8) is 0 Å². The van der Waals surface area contributed by atoms with E-state index < -0.39 is 12.1 Å². The number of aliphatic carboxylic acids is 1. The molecule has 2 bridgehead atoms. The summed E-state index contributed by atoms with van der Waals surface area (Å²) >= 11 is 0. The number of rotatable bonds is 0. The molecule has 0 amide bonds. The summed E-state index contributed by atoms with van der Waals surface area (Å²) in [5.74, 6) is -1.90. The highest BCUT2D eigenvalue weighted by atomic mass is 19.4. The summed E-state index contributed by atoms with van der Waals surface area (Å²) in [6.07, 6.45) is -0.621. The van der Waals surface area contributed by atoms with Crippen LogP contribution in [0.2, 0.25) is 0 Å². The molecule has 0 spiro atoms. The lowest BCUT2D eigenvalue weighted by molar-refractivity contribution is -0.897. The van der Waals surface area contributed by atoms with Gasteiger partial charge in [0.15, 0.2) is 0 Å². The molecule has 1 N–H and O–H groups in total. The fourth-order valence-electron chi connectivity index (χ4n) is 2.33. The van der Waals surface area contributed by atoms with Gasteiger partial charge < -0.3 is 14.8 Å². The van der Waals surface area contributed by atoms with Crippen LogP contribution < -0.4 is 10.0 Å². The van der Waals surface area contributed by atoms with E-state index in [-0.39, 0.29) is 0 Å². The van der Waals surface area contributed by atoms with Gasteiger partial charge in [-0.05, 0) is 12.8 Å². The highest BCUT2D eigenvalue weighted by molar-refractivity contribution is 5.70. The van der Waals surface area contributed by atoms with Crippen molar-refractivity contribution >= 4 is 5.97 Å². The predicted molar refractivity (Wildman–Crippen MR) is 43.9 cm³/mol. The maximum Gasteiger partial charge on any atom is 0.430 e. The van der Waals surface area contributed by atoms with Gasteiger partial charge in [0.1, 0.15) is 5.97 Å². The molecule has 0 aromatic carbocycles. The van der Waals surface area contributed by atoms with Crippen molar-refractivity contribution in [2.75, 3.05) is 13.6 Å². The van der Waals surface area contributed by atoms with Gasteiger partial charge in [0.2, 0.25) is 0 Å². The molecule has 3 nitrogen and oxygen atoms in total. The topological polar surface area (TPSA) is 44.6 Å². The number of carbonyl (C=O) groups is 1. The second-order valence-corrected chi connectivity index (χ2v) is 4.21. The molecule has 2 aliphatic rings. The second-order valence-electron chi connectivity index (χ2n) is 4.21. The number of halogens is 3. The van der Waals surface area contributed by atoms with Crippen LogP contribution in [-0.2, 0) is 4.79 Å². The Hall–Kier alpha value is -0.780. The Morgan fingerprint density at radius 3 is 2.07 bits per heavy atom. The largest absolute Gasteiger partial charge is 0.542 e. The van der Waals surface area contributed by atoms with E-state index in [1.165, 1.54) is 25.8 Å². The first-order valence-corrected chi connectivity index (χ1v) is 4.91. The maximum absolute atomic E-state index is 10.5. The first-order valence-electron chi connectivity index (χ1n) is 4.91. The lowest BCUT2D eigenvalue weighted by Gasteiger charge is -2.17. The van der Waals surface area contributed by atoms with Crippen LogP contribution in [-0.4, -0.2) is 31.8 Å². The minimum Gasteiger partial charge on any atom is -0.542 e. The van der Waals surface area contributed by atoms with Crippen molar-refractivity contribution in [3.8, 4) is 0 Å². The van der Waals surface area contributed by atoms with Crippen molar-refractivity contribution in [1.29, 1.82) is 0 Å². The molecule has 2 fully saturated rings. The van der Waals surface area contributed by atoms with E-state index >= 15 is 0 Å². The molecule has 3 atom stereocenters. The minimum atomic E-state index is -5.19. The summed E-state index contributed by atoms with van der Waals surface area (Å²) in [5, 5.41) is 8.78. The van der Waals surface area contributed by atoms with Crippen LogP contribution in [0.25, 0.3) is 0 Å². The number of carboxylic acids is 1. The van der Waals surface area contributed by atoms with Crippen LogP contribution in [0.3, 0.4) is 0 Å². The molecule has 0 aromatic heterocycles. The van der Waals surface area contributed by atoms with Crippen LogP contribution in [0.5, 0.6) is 0 Å². The zero-order valence-electron chi connectivity index (χ0n) is 8.43. The summed E-state index contributed by atoms with van der Waals surface area (Å²) in [6.45, 7) is 1.46. The van der Waals surface area contributed by atoms with Crippen LogP contribution in [0.1, 0.15) is 19.3 Å². The molecular weight excluding hydrogens is 211 g/mol. The molecule has 15 heavy (non-hydrogen) atoms. The van der Waals surface area contributed by atoms with Gasteiger partial charge >= 0.3 is 6.18 Å².